The van der Waals surface area contributed by atoms with Crippen molar-refractivity contribution in [1.82, 2.24) is 5.32 Å². The monoisotopic (exact) mass is 70.1 g/mol. The van der Waals surface area contributed by atoms with Gasteiger partial charge in [-0.2, -0.15) is 0 Å². The first-order chi connectivity index (χ1) is 2.41. The third-order valence-electron chi connectivity index (χ3n) is 0.289. The standard InChI is InChI=1S/C4H8N/c1-3-5-4-2/h3,5H,1-2,4H2. The summed E-state index contributed by atoms with van der Waals surface area (Å²) in [4.78, 5) is 0. The van der Waals surface area contributed by atoms with Crippen molar-refractivity contribution in [2.75, 3.05) is 6.54 Å². The molecule has 1 radical (unpaired) electrons. The third kappa shape index (κ3) is 3.54. The maximum Gasteiger partial charge on any atom is 0.0141 e. The Labute approximate surface area is 32.7 Å². The van der Waals surface area contributed by atoms with E-state index in [4.69, 9.17) is 0 Å². The molecule has 0 aliphatic carbocycles. The molecule has 1 heteroatoms. The molecule has 0 aromatic carbocycles. The van der Waals surface area contributed by atoms with E-state index < -0.39 is 0 Å². The van der Waals surface area contributed by atoms with E-state index in [9.17, 15) is 0 Å². The van der Waals surface area contributed by atoms with Gasteiger partial charge in [0.25, 0.3) is 0 Å². The Morgan fingerprint density at radius 1 is 1.80 bits per heavy atom. The van der Waals surface area contributed by atoms with Crippen LogP contribution in [-0.4, -0.2) is 6.54 Å². The molecule has 0 heterocycles. The van der Waals surface area contributed by atoms with Crippen LogP contribution in [-0.2, 0) is 0 Å². The van der Waals surface area contributed by atoms with E-state index >= 15 is 0 Å². The quantitative estimate of drug-likeness (QED) is 0.500. The van der Waals surface area contributed by atoms with Crippen LogP contribution >= 0.6 is 0 Å². The highest BCUT2D eigenvalue weighted by Crippen LogP contribution is 1.46. The van der Waals surface area contributed by atoms with Gasteiger partial charge in [0, 0.05) is 6.54 Å². The fraction of sp³-hybridized carbons (Fsp3) is 0.250. The number of hydrogen-bond acceptors (Lipinski definition) is 1. The van der Waals surface area contributed by atoms with Crippen molar-refractivity contribution in [3.63, 3.8) is 0 Å². The van der Waals surface area contributed by atoms with Gasteiger partial charge >= 0.3 is 0 Å². The second-order valence-electron chi connectivity index (χ2n) is 0.658. The Balaban J connectivity index is 2.40. The predicted molar refractivity (Wildman–Crippen MR) is 23.6 cm³/mol. The average molecular weight is 70.1 g/mol. The van der Waals surface area contributed by atoms with Gasteiger partial charge in [-0.05, 0) is 13.1 Å². The molecule has 0 fully saturated rings. The highest BCUT2D eigenvalue weighted by Gasteiger charge is 1.54. The van der Waals surface area contributed by atoms with E-state index in [2.05, 4.69) is 18.8 Å². The molecule has 0 spiro atoms. The van der Waals surface area contributed by atoms with Crippen LogP contribution in [0.4, 0.5) is 0 Å². The van der Waals surface area contributed by atoms with E-state index in [-0.39, 0.29) is 0 Å². The van der Waals surface area contributed by atoms with Crippen molar-refractivity contribution < 1.29 is 0 Å². The van der Waals surface area contributed by atoms with E-state index in [1.54, 1.807) is 6.20 Å². The molecule has 0 rings (SSSR count). The summed E-state index contributed by atoms with van der Waals surface area (Å²) in [5.41, 5.74) is 0. The van der Waals surface area contributed by atoms with Gasteiger partial charge in [0.2, 0.25) is 0 Å². The first kappa shape index (κ1) is 4.54. The summed E-state index contributed by atoms with van der Waals surface area (Å²) in [7, 11) is 0. The van der Waals surface area contributed by atoms with Crippen molar-refractivity contribution in [1.29, 1.82) is 0 Å². The Kier molecular flexibility index (Phi) is 3.21. The van der Waals surface area contributed by atoms with Crippen LogP contribution in [0, 0.1) is 6.92 Å². The molecule has 0 aliphatic heterocycles. The second kappa shape index (κ2) is 3.54. The minimum Gasteiger partial charge on any atom is -0.391 e. The second-order valence-corrected chi connectivity index (χ2v) is 0.658. The highest BCUT2D eigenvalue weighted by molar-refractivity contribution is 4.61. The fourth-order valence-electron chi connectivity index (χ4n) is 0.102. The molecular formula is C4H8N. The predicted octanol–water partition coefficient (Wildman–Crippen LogP) is 0.554. The summed E-state index contributed by atoms with van der Waals surface area (Å²) in [5, 5.41) is 2.76. The molecule has 0 aromatic heterocycles. The van der Waals surface area contributed by atoms with Crippen molar-refractivity contribution >= 4 is 0 Å². The van der Waals surface area contributed by atoms with Crippen LogP contribution in [0.25, 0.3) is 0 Å². The molecule has 0 saturated carbocycles. The zero-order valence-corrected chi connectivity index (χ0v) is 3.20. The van der Waals surface area contributed by atoms with E-state index in [1.807, 2.05) is 0 Å². The lowest BCUT2D eigenvalue weighted by Gasteiger charge is -1.83. The summed E-state index contributed by atoms with van der Waals surface area (Å²) < 4.78 is 0. The molecule has 0 bridgehead atoms. The maximum absolute atomic E-state index is 3.49. The van der Waals surface area contributed by atoms with Crippen LogP contribution < -0.4 is 5.32 Å². The van der Waals surface area contributed by atoms with E-state index in [1.165, 1.54) is 0 Å². The summed E-state index contributed by atoms with van der Waals surface area (Å²) in [6.07, 6.45) is 1.62. The summed E-state index contributed by atoms with van der Waals surface area (Å²) in [6, 6.07) is 0. The number of rotatable bonds is 2. The smallest absolute Gasteiger partial charge is 0.0141 e. The highest BCUT2D eigenvalue weighted by atomic mass is 14.8. The van der Waals surface area contributed by atoms with Gasteiger partial charge in [-0.25, -0.2) is 0 Å². The summed E-state index contributed by atoms with van der Waals surface area (Å²) >= 11 is 0. The van der Waals surface area contributed by atoms with Crippen LogP contribution in [0.3, 0.4) is 0 Å². The molecule has 0 aliphatic rings. The van der Waals surface area contributed by atoms with Gasteiger partial charge in [-0.15, -0.1) is 0 Å². The van der Waals surface area contributed by atoms with Gasteiger partial charge in [0.1, 0.15) is 0 Å². The molecule has 1 nitrogen and oxygen atoms in total. The molecule has 29 valence electrons. The molecule has 0 atom stereocenters. The summed E-state index contributed by atoms with van der Waals surface area (Å²) in [5.74, 6) is 0. The molecule has 1 N–H and O–H groups in total. The Bertz CT molecular complexity index is 24.8. The van der Waals surface area contributed by atoms with Crippen molar-refractivity contribution in [2.24, 2.45) is 0 Å². The first-order valence-corrected chi connectivity index (χ1v) is 1.55. The first-order valence-electron chi connectivity index (χ1n) is 1.55. The lowest BCUT2D eigenvalue weighted by Crippen LogP contribution is -1.99. The van der Waals surface area contributed by atoms with Gasteiger partial charge in [-0.1, -0.05) is 6.58 Å². The Morgan fingerprint density at radius 2 is 2.40 bits per heavy atom. The van der Waals surface area contributed by atoms with Gasteiger partial charge in [-0.3, -0.25) is 0 Å². The van der Waals surface area contributed by atoms with Gasteiger partial charge in [0.15, 0.2) is 0 Å². The minimum atomic E-state index is 0.726. The zero-order chi connectivity index (χ0) is 4.12. The van der Waals surface area contributed by atoms with Crippen molar-refractivity contribution in [2.45, 2.75) is 0 Å². The normalized spacial score (nSPS) is 6.60. The number of hydrogen-bond donors (Lipinski definition) is 1. The molecule has 5 heavy (non-hydrogen) atoms. The zero-order valence-electron chi connectivity index (χ0n) is 3.20. The Morgan fingerprint density at radius 3 is 2.40 bits per heavy atom. The van der Waals surface area contributed by atoms with Gasteiger partial charge < -0.3 is 5.32 Å². The lowest BCUT2D eigenvalue weighted by atomic mass is 10.7. The maximum atomic E-state index is 3.49. The number of nitrogens with one attached hydrogen (secondary N) is 1. The molecule has 0 amide bonds. The van der Waals surface area contributed by atoms with Crippen LogP contribution in [0.5, 0.6) is 0 Å². The van der Waals surface area contributed by atoms with Crippen LogP contribution in [0.2, 0.25) is 0 Å². The average Bonchev–Trinajstić information content (AvgIpc) is 1.41. The molecule has 0 saturated heterocycles. The fourth-order valence-corrected chi connectivity index (χ4v) is 0.102. The topological polar surface area (TPSA) is 12.0 Å². The largest absolute Gasteiger partial charge is 0.391 e. The third-order valence-corrected chi connectivity index (χ3v) is 0.289. The van der Waals surface area contributed by atoms with E-state index in [0.717, 1.165) is 6.54 Å². The SMILES string of the molecule is [CH2]CNC=C. The molecule has 0 aromatic rings. The Hall–Kier alpha value is -0.460. The van der Waals surface area contributed by atoms with Crippen molar-refractivity contribution in [3.8, 4) is 0 Å². The van der Waals surface area contributed by atoms with Crippen LogP contribution in [0.15, 0.2) is 12.8 Å². The van der Waals surface area contributed by atoms with Crippen LogP contribution in [0.1, 0.15) is 0 Å². The lowest BCUT2D eigenvalue weighted by molar-refractivity contribution is 0.988. The van der Waals surface area contributed by atoms with Gasteiger partial charge in [0.05, 0.1) is 0 Å². The summed E-state index contributed by atoms with van der Waals surface area (Å²) in [6.45, 7) is 7.62. The van der Waals surface area contributed by atoms with Crippen molar-refractivity contribution in [3.05, 3.63) is 19.7 Å². The van der Waals surface area contributed by atoms with E-state index in [0.29, 0.717) is 0 Å². The molecule has 0 unspecified atom stereocenters. The molecular weight excluding hydrogens is 62.1 g/mol. The minimum absolute atomic E-state index is 0.726.